The van der Waals surface area contributed by atoms with Crippen molar-refractivity contribution in [2.45, 2.75) is 70.9 Å². The Kier molecular flexibility index (Phi) is 8.05. The van der Waals surface area contributed by atoms with E-state index in [4.69, 9.17) is 9.41 Å². The van der Waals surface area contributed by atoms with Gasteiger partial charge in [-0.25, -0.2) is 4.99 Å². The molecule has 2 fully saturated rings. The molecule has 0 radical (unpaired) electrons. The molecule has 1 unspecified atom stereocenters. The van der Waals surface area contributed by atoms with Gasteiger partial charge in [-0.05, 0) is 92.7 Å². The summed E-state index contributed by atoms with van der Waals surface area (Å²) < 4.78 is 5.62. The topological polar surface area (TPSA) is 76.3 Å². The summed E-state index contributed by atoms with van der Waals surface area (Å²) in [5, 5.41) is 18.1. The summed E-state index contributed by atoms with van der Waals surface area (Å²) in [5.74, 6) is 2.34. The highest BCUT2D eigenvalue weighted by Gasteiger charge is 2.39. The lowest BCUT2D eigenvalue weighted by Crippen LogP contribution is -2.62. The molecular formula is C24H43N5O2. The van der Waals surface area contributed by atoms with Crippen LogP contribution in [-0.4, -0.2) is 79.3 Å². The lowest BCUT2D eigenvalue weighted by molar-refractivity contribution is 0.0172. The highest BCUT2D eigenvalue weighted by Crippen LogP contribution is 2.31. The van der Waals surface area contributed by atoms with Crippen molar-refractivity contribution < 1.29 is 9.52 Å². The average molecular weight is 434 g/mol. The smallest absolute Gasteiger partial charge is 0.191 e. The van der Waals surface area contributed by atoms with Crippen molar-refractivity contribution in [2.75, 3.05) is 52.9 Å². The Bertz CT molecular complexity index is 728. The van der Waals surface area contributed by atoms with E-state index in [-0.39, 0.29) is 12.1 Å². The standard InChI is InChI=1S/C24H43N5O2/c1-6-25-22(26-17-23(4,30)21-16-19(2)31-20(21)3)27-18-24(10-14-28(5)15-11-24)29-12-8-7-9-13-29/h16,30H,6-15,17-18H2,1-5H3,(H2,25,26,27). The van der Waals surface area contributed by atoms with Gasteiger partial charge in [-0.15, -0.1) is 0 Å². The monoisotopic (exact) mass is 433 g/mol. The molecule has 3 rings (SSSR count). The van der Waals surface area contributed by atoms with E-state index in [2.05, 4.69) is 34.4 Å². The van der Waals surface area contributed by atoms with Crippen LogP contribution in [0, 0.1) is 13.8 Å². The van der Waals surface area contributed by atoms with Crippen molar-refractivity contribution >= 4 is 5.96 Å². The largest absolute Gasteiger partial charge is 0.466 e. The van der Waals surface area contributed by atoms with Gasteiger partial charge in [0.1, 0.15) is 17.1 Å². The van der Waals surface area contributed by atoms with E-state index in [0.29, 0.717) is 0 Å². The second kappa shape index (κ2) is 10.4. The minimum Gasteiger partial charge on any atom is -0.466 e. The minimum atomic E-state index is -1.07. The molecule has 2 aliphatic rings. The molecule has 7 heteroatoms. The van der Waals surface area contributed by atoms with E-state index in [9.17, 15) is 5.11 Å². The quantitative estimate of drug-likeness (QED) is 0.453. The number of guanidine groups is 1. The van der Waals surface area contributed by atoms with Gasteiger partial charge in [0.2, 0.25) is 0 Å². The number of hydrogen-bond acceptors (Lipinski definition) is 5. The van der Waals surface area contributed by atoms with Crippen LogP contribution in [0.4, 0.5) is 0 Å². The summed E-state index contributed by atoms with van der Waals surface area (Å²) in [4.78, 5) is 9.93. The predicted octanol–water partition coefficient (Wildman–Crippen LogP) is 2.61. The fourth-order valence-corrected chi connectivity index (χ4v) is 5.08. The number of piperidine rings is 2. The fourth-order valence-electron chi connectivity index (χ4n) is 5.08. The summed E-state index contributed by atoms with van der Waals surface area (Å²) >= 11 is 0. The molecule has 7 nitrogen and oxygen atoms in total. The Labute approximate surface area is 188 Å². The first-order valence-electron chi connectivity index (χ1n) is 12.0. The molecule has 1 aromatic rings. The number of furan rings is 1. The maximum atomic E-state index is 11.1. The zero-order valence-electron chi connectivity index (χ0n) is 20.3. The highest BCUT2D eigenvalue weighted by atomic mass is 16.3. The number of hydrogen-bond donors (Lipinski definition) is 3. The highest BCUT2D eigenvalue weighted by molar-refractivity contribution is 5.79. The van der Waals surface area contributed by atoms with Gasteiger partial charge in [0, 0.05) is 24.2 Å². The van der Waals surface area contributed by atoms with Crippen molar-refractivity contribution in [1.82, 2.24) is 20.4 Å². The summed E-state index contributed by atoms with van der Waals surface area (Å²) in [6.45, 7) is 14.3. The Morgan fingerprint density at radius 1 is 1.16 bits per heavy atom. The first-order chi connectivity index (χ1) is 14.8. The molecule has 3 heterocycles. The van der Waals surface area contributed by atoms with E-state index < -0.39 is 5.60 Å². The van der Waals surface area contributed by atoms with Crippen molar-refractivity contribution in [3.8, 4) is 0 Å². The van der Waals surface area contributed by atoms with Gasteiger partial charge in [0.15, 0.2) is 5.96 Å². The average Bonchev–Trinajstić information content (AvgIpc) is 3.11. The van der Waals surface area contributed by atoms with Crippen molar-refractivity contribution in [1.29, 1.82) is 0 Å². The van der Waals surface area contributed by atoms with Gasteiger partial charge in [-0.3, -0.25) is 4.90 Å². The zero-order valence-corrected chi connectivity index (χ0v) is 20.3. The van der Waals surface area contributed by atoms with Gasteiger partial charge in [-0.1, -0.05) is 6.42 Å². The second-order valence-electron chi connectivity index (χ2n) is 9.72. The summed E-state index contributed by atoms with van der Waals surface area (Å²) in [6, 6.07) is 1.91. The summed E-state index contributed by atoms with van der Waals surface area (Å²) in [5.41, 5.74) is -0.0728. The van der Waals surface area contributed by atoms with E-state index in [1.807, 2.05) is 26.8 Å². The molecule has 2 aliphatic heterocycles. The molecule has 31 heavy (non-hydrogen) atoms. The molecule has 1 atom stereocenters. The van der Waals surface area contributed by atoms with E-state index in [1.165, 1.54) is 45.2 Å². The number of nitrogens with one attached hydrogen (secondary N) is 2. The number of nitrogens with zero attached hydrogens (tertiary/aromatic N) is 3. The van der Waals surface area contributed by atoms with Crippen LogP contribution in [-0.2, 0) is 5.60 Å². The maximum absolute atomic E-state index is 11.1. The third-order valence-corrected chi connectivity index (χ3v) is 7.04. The van der Waals surface area contributed by atoms with Crippen LogP contribution in [0.2, 0.25) is 0 Å². The number of aliphatic imine (C=N–C) groups is 1. The Hall–Kier alpha value is -1.57. The van der Waals surface area contributed by atoms with Crippen LogP contribution in [0.15, 0.2) is 15.5 Å². The first-order valence-corrected chi connectivity index (χ1v) is 12.0. The third kappa shape index (κ3) is 6.02. The second-order valence-corrected chi connectivity index (χ2v) is 9.72. The van der Waals surface area contributed by atoms with Crippen LogP contribution in [0.1, 0.15) is 63.0 Å². The lowest BCUT2D eigenvalue weighted by Gasteiger charge is -2.50. The summed E-state index contributed by atoms with van der Waals surface area (Å²) in [6.07, 6.45) is 6.32. The Morgan fingerprint density at radius 3 is 2.42 bits per heavy atom. The van der Waals surface area contributed by atoms with Crippen LogP contribution < -0.4 is 10.6 Å². The predicted molar refractivity (Wildman–Crippen MR) is 127 cm³/mol. The van der Waals surface area contributed by atoms with Gasteiger partial charge in [0.25, 0.3) is 0 Å². The number of aliphatic hydroxyl groups is 1. The normalized spacial score (nSPS) is 22.8. The lowest BCUT2D eigenvalue weighted by atomic mass is 9.84. The van der Waals surface area contributed by atoms with Gasteiger partial charge in [-0.2, -0.15) is 0 Å². The van der Waals surface area contributed by atoms with Crippen LogP contribution in [0.3, 0.4) is 0 Å². The molecule has 0 amide bonds. The van der Waals surface area contributed by atoms with Crippen molar-refractivity contribution in [3.63, 3.8) is 0 Å². The molecule has 2 saturated heterocycles. The molecule has 1 aromatic heterocycles. The van der Waals surface area contributed by atoms with E-state index >= 15 is 0 Å². The van der Waals surface area contributed by atoms with Crippen LogP contribution in [0.25, 0.3) is 0 Å². The molecule has 0 bridgehead atoms. The number of likely N-dealkylation sites (tertiary alicyclic amines) is 2. The van der Waals surface area contributed by atoms with Crippen LogP contribution in [0.5, 0.6) is 0 Å². The van der Waals surface area contributed by atoms with Gasteiger partial charge < -0.3 is 25.1 Å². The fraction of sp³-hybridized carbons (Fsp3) is 0.792. The number of aryl methyl sites for hydroxylation is 2. The van der Waals surface area contributed by atoms with Crippen LogP contribution >= 0.6 is 0 Å². The molecular weight excluding hydrogens is 390 g/mol. The molecule has 0 aliphatic carbocycles. The Morgan fingerprint density at radius 2 is 1.84 bits per heavy atom. The van der Waals surface area contributed by atoms with Crippen molar-refractivity contribution in [2.24, 2.45) is 4.99 Å². The van der Waals surface area contributed by atoms with Gasteiger partial charge >= 0.3 is 0 Å². The zero-order chi connectivity index (χ0) is 22.5. The molecule has 3 N–H and O–H groups in total. The molecule has 0 aromatic carbocycles. The molecule has 0 saturated carbocycles. The number of rotatable bonds is 7. The Balaban J connectivity index is 1.70. The van der Waals surface area contributed by atoms with E-state index in [1.54, 1.807) is 0 Å². The first kappa shape index (κ1) is 24.1. The third-order valence-electron chi connectivity index (χ3n) is 7.04. The maximum Gasteiger partial charge on any atom is 0.191 e. The summed E-state index contributed by atoms with van der Waals surface area (Å²) in [7, 11) is 2.22. The molecule has 0 spiro atoms. The SMILES string of the molecule is CCNC(=NCC(C)(O)c1cc(C)oc1C)NCC1(N2CCCCC2)CCN(C)CC1. The van der Waals surface area contributed by atoms with Crippen molar-refractivity contribution in [3.05, 3.63) is 23.2 Å². The van der Waals surface area contributed by atoms with E-state index in [0.717, 1.165) is 49.2 Å². The minimum absolute atomic E-state index is 0.184. The molecule has 176 valence electrons. The van der Waals surface area contributed by atoms with Gasteiger partial charge in [0.05, 0.1) is 6.54 Å².